The molecule has 4 aromatic rings. The lowest BCUT2D eigenvalue weighted by molar-refractivity contribution is -0.123. The topological polar surface area (TPSA) is 85.7 Å². The maximum absolute atomic E-state index is 13.9. The highest BCUT2D eigenvalue weighted by Gasteiger charge is 2.38. The molecule has 2 aliphatic heterocycles. The number of ether oxygens (including phenoxy) is 2. The lowest BCUT2D eigenvalue weighted by Gasteiger charge is -2.24. The number of thioether (sulfide) groups is 1. The predicted molar refractivity (Wildman–Crippen MR) is 166 cm³/mol. The van der Waals surface area contributed by atoms with Crippen molar-refractivity contribution in [3.05, 3.63) is 95.0 Å². The molecule has 2 amide bonds. The number of methoxy groups -OCH3 is 1. The monoisotopic (exact) mass is 602 g/mol. The number of halogens is 1. The SMILES string of the molecule is COc1ccc(-n2nc(-c3ccccc3)c3c2N(CC(=O)NC[C@@H]2CCCO2)C(=O)CS[C@H]3c2ccccc2Cl)cc1. The van der Waals surface area contributed by atoms with Crippen LogP contribution >= 0.6 is 23.4 Å². The number of amides is 2. The van der Waals surface area contributed by atoms with Gasteiger partial charge in [0, 0.05) is 29.3 Å². The molecule has 10 heteroatoms. The minimum absolute atomic E-state index is 0.000912. The van der Waals surface area contributed by atoms with Gasteiger partial charge in [0.05, 0.1) is 35.6 Å². The molecule has 216 valence electrons. The van der Waals surface area contributed by atoms with Crippen LogP contribution < -0.4 is 15.0 Å². The van der Waals surface area contributed by atoms with Gasteiger partial charge in [0.15, 0.2) is 0 Å². The average Bonchev–Trinajstić information content (AvgIpc) is 3.66. The minimum atomic E-state index is -0.306. The number of carbonyl (C=O) groups excluding carboxylic acids is 2. The predicted octanol–water partition coefficient (Wildman–Crippen LogP) is 5.67. The molecule has 0 saturated carbocycles. The van der Waals surface area contributed by atoms with Crippen LogP contribution in [0.5, 0.6) is 5.75 Å². The van der Waals surface area contributed by atoms with E-state index in [-0.39, 0.29) is 35.5 Å². The first-order valence-corrected chi connectivity index (χ1v) is 15.3. The Balaban J connectivity index is 1.52. The second-order valence-corrected chi connectivity index (χ2v) is 11.7. The van der Waals surface area contributed by atoms with Gasteiger partial charge in [-0.2, -0.15) is 5.10 Å². The Morgan fingerprint density at radius 3 is 2.57 bits per heavy atom. The lowest BCUT2D eigenvalue weighted by Crippen LogP contribution is -2.44. The number of aromatic nitrogens is 2. The molecule has 2 aliphatic rings. The second kappa shape index (κ2) is 12.6. The van der Waals surface area contributed by atoms with Crippen LogP contribution in [0.1, 0.15) is 29.2 Å². The molecule has 42 heavy (non-hydrogen) atoms. The molecule has 3 aromatic carbocycles. The summed E-state index contributed by atoms with van der Waals surface area (Å²) in [5.41, 5.74) is 4.06. The average molecular weight is 603 g/mol. The third-order valence-corrected chi connectivity index (χ3v) is 9.07. The van der Waals surface area contributed by atoms with Gasteiger partial charge in [-0.3, -0.25) is 14.5 Å². The molecule has 0 unspecified atom stereocenters. The molecule has 1 saturated heterocycles. The fourth-order valence-corrected chi connectivity index (χ4v) is 6.94. The summed E-state index contributed by atoms with van der Waals surface area (Å²) < 4.78 is 12.8. The van der Waals surface area contributed by atoms with Crippen LogP contribution in [0.3, 0.4) is 0 Å². The van der Waals surface area contributed by atoms with E-state index in [0.29, 0.717) is 29.7 Å². The molecule has 0 bridgehead atoms. The van der Waals surface area contributed by atoms with Crippen molar-refractivity contribution in [1.29, 1.82) is 0 Å². The Kier molecular flexibility index (Phi) is 8.51. The number of nitrogens with zero attached hydrogens (tertiary/aromatic N) is 3. The quantitative estimate of drug-likeness (QED) is 0.280. The van der Waals surface area contributed by atoms with Crippen molar-refractivity contribution >= 4 is 41.0 Å². The summed E-state index contributed by atoms with van der Waals surface area (Å²) in [5.74, 6) is 0.977. The molecular weight excluding hydrogens is 572 g/mol. The normalized spacial score (nSPS) is 18.4. The highest BCUT2D eigenvalue weighted by atomic mass is 35.5. The molecule has 1 N–H and O–H groups in total. The van der Waals surface area contributed by atoms with Gasteiger partial charge >= 0.3 is 0 Å². The number of anilines is 1. The number of rotatable bonds is 8. The largest absolute Gasteiger partial charge is 0.497 e. The first kappa shape index (κ1) is 28.3. The summed E-state index contributed by atoms with van der Waals surface area (Å²) in [5, 5.41) is 8.38. The van der Waals surface area contributed by atoms with Crippen molar-refractivity contribution in [2.45, 2.75) is 24.2 Å². The van der Waals surface area contributed by atoms with Crippen molar-refractivity contribution in [1.82, 2.24) is 15.1 Å². The highest BCUT2D eigenvalue weighted by Crippen LogP contribution is 2.49. The van der Waals surface area contributed by atoms with Crippen molar-refractivity contribution < 1.29 is 19.1 Å². The minimum Gasteiger partial charge on any atom is -0.497 e. The third kappa shape index (κ3) is 5.77. The van der Waals surface area contributed by atoms with Crippen molar-refractivity contribution in [3.8, 4) is 22.7 Å². The Hall–Kier alpha value is -3.79. The molecule has 0 spiro atoms. The van der Waals surface area contributed by atoms with Crippen LogP contribution in [0.2, 0.25) is 5.02 Å². The van der Waals surface area contributed by atoms with E-state index in [2.05, 4.69) is 5.32 Å². The Morgan fingerprint density at radius 2 is 1.86 bits per heavy atom. The van der Waals surface area contributed by atoms with Crippen LogP contribution in [0.25, 0.3) is 16.9 Å². The maximum atomic E-state index is 13.9. The number of nitrogens with one attached hydrogen (secondary N) is 1. The van der Waals surface area contributed by atoms with Crippen LogP contribution in [0, 0.1) is 0 Å². The van der Waals surface area contributed by atoms with Gasteiger partial charge in [-0.15, -0.1) is 11.8 Å². The number of hydrogen-bond donors (Lipinski definition) is 1. The van der Waals surface area contributed by atoms with Gasteiger partial charge in [0.2, 0.25) is 11.8 Å². The van der Waals surface area contributed by atoms with Gasteiger partial charge in [-0.25, -0.2) is 4.68 Å². The highest BCUT2D eigenvalue weighted by molar-refractivity contribution is 8.00. The Bertz CT molecular complexity index is 1570. The molecule has 6 rings (SSSR count). The Labute approximate surface area is 253 Å². The fraction of sp³-hybridized carbons (Fsp3) is 0.281. The van der Waals surface area contributed by atoms with E-state index >= 15 is 0 Å². The van der Waals surface area contributed by atoms with Crippen LogP contribution in [-0.2, 0) is 14.3 Å². The summed E-state index contributed by atoms with van der Waals surface area (Å²) in [4.78, 5) is 28.7. The summed E-state index contributed by atoms with van der Waals surface area (Å²) in [6.45, 7) is 0.973. The van der Waals surface area contributed by atoms with Gasteiger partial charge < -0.3 is 14.8 Å². The van der Waals surface area contributed by atoms with E-state index in [1.54, 1.807) is 16.7 Å². The summed E-state index contributed by atoms with van der Waals surface area (Å²) in [6.07, 6.45) is 1.89. The van der Waals surface area contributed by atoms with Gasteiger partial charge in [0.25, 0.3) is 0 Å². The maximum Gasteiger partial charge on any atom is 0.240 e. The summed E-state index contributed by atoms with van der Waals surface area (Å²) in [7, 11) is 1.61. The van der Waals surface area contributed by atoms with E-state index < -0.39 is 0 Å². The molecule has 1 fully saturated rings. The number of carbonyl (C=O) groups is 2. The summed E-state index contributed by atoms with van der Waals surface area (Å²) >= 11 is 8.25. The number of benzene rings is 3. The first-order chi connectivity index (χ1) is 20.5. The molecule has 0 aliphatic carbocycles. The molecule has 3 heterocycles. The van der Waals surface area contributed by atoms with Crippen LogP contribution in [0.4, 0.5) is 5.82 Å². The number of fused-ring (bicyclic) bond motifs is 1. The standard InChI is InChI=1S/C32H31ClN4O4S/c1-40-23-15-13-22(14-16-23)37-32-29(30(35-37)21-8-3-2-4-9-21)31(25-11-5-6-12-26(25)33)42-20-28(39)36(32)19-27(38)34-18-24-10-7-17-41-24/h2-6,8-9,11-16,24,31H,7,10,17-20H2,1H3,(H,34,38)/t24-,31-/m0/s1. The molecule has 1 aromatic heterocycles. The zero-order chi connectivity index (χ0) is 29.1. The zero-order valence-electron chi connectivity index (χ0n) is 23.2. The van der Waals surface area contributed by atoms with E-state index in [4.69, 9.17) is 26.2 Å². The summed E-state index contributed by atoms with van der Waals surface area (Å²) in [6, 6.07) is 25.0. The van der Waals surface area contributed by atoms with Gasteiger partial charge in [-0.1, -0.05) is 60.1 Å². The van der Waals surface area contributed by atoms with E-state index in [0.717, 1.165) is 40.9 Å². The molecule has 0 radical (unpaired) electrons. The third-order valence-electron chi connectivity index (χ3n) is 7.49. The molecular formula is C32H31ClN4O4S. The van der Waals surface area contributed by atoms with E-state index in [1.165, 1.54) is 11.8 Å². The van der Waals surface area contributed by atoms with Crippen LogP contribution in [0.15, 0.2) is 78.9 Å². The Morgan fingerprint density at radius 1 is 1.10 bits per heavy atom. The van der Waals surface area contributed by atoms with Crippen molar-refractivity contribution in [2.75, 3.05) is 37.5 Å². The lowest BCUT2D eigenvalue weighted by atomic mass is 9.99. The smallest absolute Gasteiger partial charge is 0.240 e. The second-order valence-electron chi connectivity index (χ2n) is 10.2. The molecule has 2 atom stereocenters. The van der Waals surface area contributed by atoms with E-state index in [1.807, 2.05) is 78.9 Å². The fourth-order valence-electron chi connectivity index (χ4n) is 5.40. The molecule has 8 nitrogen and oxygen atoms in total. The van der Waals surface area contributed by atoms with Crippen molar-refractivity contribution in [3.63, 3.8) is 0 Å². The van der Waals surface area contributed by atoms with Gasteiger partial charge in [-0.05, 0) is 48.7 Å². The van der Waals surface area contributed by atoms with Crippen LogP contribution in [-0.4, -0.2) is 60.3 Å². The zero-order valence-corrected chi connectivity index (χ0v) is 24.7. The first-order valence-electron chi connectivity index (χ1n) is 13.9. The van der Waals surface area contributed by atoms with E-state index in [9.17, 15) is 9.59 Å². The van der Waals surface area contributed by atoms with Crippen molar-refractivity contribution in [2.24, 2.45) is 0 Å². The van der Waals surface area contributed by atoms with Gasteiger partial charge in [0.1, 0.15) is 18.1 Å². The number of hydrogen-bond acceptors (Lipinski definition) is 6.